The quantitative estimate of drug-likeness (QED) is 0.695. The summed E-state index contributed by atoms with van der Waals surface area (Å²) in [6.07, 6.45) is -2.79. The first-order valence-electron chi connectivity index (χ1n) is 9.83. The van der Waals surface area contributed by atoms with E-state index in [1.54, 1.807) is 27.7 Å². The highest BCUT2D eigenvalue weighted by atomic mass is 16.8. The lowest BCUT2D eigenvalue weighted by molar-refractivity contribution is -0.175. The zero-order valence-electron chi connectivity index (χ0n) is 17.9. The van der Waals surface area contributed by atoms with Gasteiger partial charge in [0.15, 0.2) is 17.6 Å². The lowest BCUT2D eigenvalue weighted by Gasteiger charge is -2.28. The Bertz CT molecular complexity index is 751. The Kier molecular flexibility index (Phi) is 6.66. The highest BCUT2D eigenvalue weighted by molar-refractivity contribution is 5.82. The van der Waals surface area contributed by atoms with E-state index in [0.717, 1.165) is 5.56 Å². The van der Waals surface area contributed by atoms with Crippen molar-refractivity contribution < 1.29 is 38.0 Å². The fourth-order valence-electron chi connectivity index (χ4n) is 3.53. The molecule has 3 rings (SSSR count). The summed E-state index contributed by atoms with van der Waals surface area (Å²) >= 11 is 0. The fourth-order valence-corrected chi connectivity index (χ4v) is 3.53. The summed E-state index contributed by atoms with van der Waals surface area (Å²) < 4.78 is 33.6. The number of hydrogen-bond acceptors (Lipinski definition) is 8. The van der Waals surface area contributed by atoms with Crippen molar-refractivity contribution in [3.63, 3.8) is 0 Å². The predicted octanol–water partition coefficient (Wildman–Crippen LogP) is 2.13. The number of nitrogens with one attached hydrogen (secondary N) is 1. The molecule has 4 atom stereocenters. The van der Waals surface area contributed by atoms with Gasteiger partial charge in [-0.1, -0.05) is 30.3 Å². The van der Waals surface area contributed by atoms with Crippen LogP contribution in [0.4, 0.5) is 4.79 Å². The summed E-state index contributed by atoms with van der Waals surface area (Å²) in [7, 11) is 1.24. The molecule has 0 radical (unpaired) electrons. The molecule has 2 aliphatic heterocycles. The van der Waals surface area contributed by atoms with Crippen LogP contribution in [0.2, 0.25) is 0 Å². The first-order valence-corrected chi connectivity index (χ1v) is 9.83. The Morgan fingerprint density at radius 3 is 2.40 bits per heavy atom. The number of esters is 1. The molecule has 2 saturated heterocycles. The van der Waals surface area contributed by atoms with Gasteiger partial charge in [-0.25, -0.2) is 9.59 Å². The minimum Gasteiger partial charge on any atom is -0.467 e. The van der Waals surface area contributed by atoms with Gasteiger partial charge in [0.1, 0.15) is 24.9 Å². The molecule has 1 aromatic rings. The molecule has 0 saturated carbocycles. The molecule has 0 aliphatic carbocycles. The molecule has 2 fully saturated rings. The number of amides is 1. The van der Waals surface area contributed by atoms with Crippen LogP contribution in [0.25, 0.3) is 0 Å². The Balaban J connectivity index is 1.72. The Labute approximate surface area is 175 Å². The second kappa shape index (κ2) is 8.89. The molecule has 2 aliphatic rings. The number of methoxy groups -OCH3 is 1. The number of alkyl carbamates (subject to hydrolysis) is 1. The van der Waals surface area contributed by atoms with Gasteiger partial charge in [0.05, 0.1) is 13.7 Å². The lowest BCUT2D eigenvalue weighted by atomic mass is 10.0. The van der Waals surface area contributed by atoms with Crippen molar-refractivity contribution in [2.75, 3.05) is 13.7 Å². The van der Waals surface area contributed by atoms with E-state index in [4.69, 9.17) is 28.4 Å². The van der Waals surface area contributed by atoms with E-state index < -0.39 is 48.0 Å². The molecule has 1 N–H and O–H groups in total. The maximum Gasteiger partial charge on any atom is 0.408 e. The van der Waals surface area contributed by atoms with E-state index in [9.17, 15) is 9.59 Å². The van der Waals surface area contributed by atoms with E-state index in [2.05, 4.69) is 5.32 Å². The number of hydrogen-bond donors (Lipinski definition) is 1. The Morgan fingerprint density at radius 1 is 1.10 bits per heavy atom. The van der Waals surface area contributed by atoms with Crippen molar-refractivity contribution in [2.45, 2.75) is 70.2 Å². The van der Waals surface area contributed by atoms with Crippen molar-refractivity contribution in [2.24, 2.45) is 0 Å². The van der Waals surface area contributed by atoms with Crippen LogP contribution in [0.3, 0.4) is 0 Å². The predicted molar refractivity (Wildman–Crippen MR) is 104 cm³/mol. The van der Waals surface area contributed by atoms with Gasteiger partial charge < -0.3 is 33.7 Å². The largest absolute Gasteiger partial charge is 0.467 e. The van der Waals surface area contributed by atoms with Crippen molar-refractivity contribution in [1.29, 1.82) is 0 Å². The molecule has 9 heteroatoms. The van der Waals surface area contributed by atoms with E-state index in [0.29, 0.717) is 0 Å². The monoisotopic (exact) mass is 423 g/mol. The summed E-state index contributed by atoms with van der Waals surface area (Å²) in [6.45, 7) is 7.36. The number of benzene rings is 1. The number of rotatable bonds is 6. The molecular weight excluding hydrogens is 394 g/mol. The van der Waals surface area contributed by atoms with Gasteiger partial charge in [0.2, 0.25) is 0 Å². The normalized spacial score (nSPS) is 28.0. The molecule has 30 heavy (non-hydrogen) atoms. The summed E-state index contributed by atoms with van der Waals surface area (Å²) in [5.74, 6) is -2.46. The SMILES string of the molecule is COC(=O)[C@H](NC(=O)OCc1ccccc1)[C@H]1OC(C)(C)O[C@@H]1[C@H]1COC(C)(C)O1. The van der Waals surface area contributed by atoms with Crippen LogP contribution in [-0.2, 0) is 39.8 Å². The standard InChI is InChI=1S/C21H29NO8/c1-20(2)27-12-14(28-20)16-17(30-21(3,4)29-16)15(18(23)25-5)22-19(24)26-11-13-9-7-6-8-10-13/h6-10,14-17H,11-12H2,1-5H3,(H,22,24)/t14-,15-,16-,17-/m1/s1. The van der Waals surface area contributed by atoms with Crippen molar-refractivity contribution in [3.05, 3.63) is 35.9 Å². The van der Waals surface area contributed by atoms with Gasteiger partial charge >= 0.3 is 12.1 Å². The molecule has 0 bridgehead atoms. The third-order valence-corrected chi connectivity index (χ3v) is 4.83. The zero-order chi connectivity index (χ0) is 21.9. The van der Waals surface area contributed by atoms with Crippen LogP contribution in [0, 0.1) is 0 Å². The molecule has 0 unspecified atom stereocenters. The highest BCUT2D eigenvalue weighted by Gasteiger charge is 2.54. The Hall–Kier alpha value is -2.20. The van der Waals surface area contributed by atoms with Gasteiger partial charge in [-0.05, 0) is 33.3 Å². The second-order valence-corrected chi connectivity index (χ2v) is 8.14. The second-order valence-electron chi connectivity index (χ2n) is 8.14. The molecule has 9 nitrogen and oxygen atoms in total. The van der Waals surface area contributed by atoms with E-state index >= 15 is 0 Å². The van der Waals surface area contributed by atoms with Gasteiger partial charge in [-0.2, -0.15) is 0 Å². The van der Waals surface area contributed by atoms with Crippen LogP contribution in [-0.4, -0.2) is 61.7 Å². The fraction of sp³-hybridized carbons (Fsp3) is 0.619. The van der Waals surface area contributed by atoms with E-state index in [-0.39, 0.29) is 13.2 Å². The topological polar surface area (TPSA) is 102 Å². The lowest BCUT2D eigenvalue weighted by Crippen LogP contribution is -2.55. The molecular formula is C21H29NO8. The third kappa shape index (κ3) is 5.48. The van der Waals surface area contributed by atoms with Crippen molar-refractivity contribution in [1.82, 2.24) is 5.32 Å². The summed E-state index contributed by atoms with van der Waals surface area (Å²) in [6, 6.07) is 8.06. The first kappa shape index (κ1) is 22.5. The average molecular weight is 423 g/mol. The average Bonchev–Trinajstić information content (AvgIpc) is 3.22. The third-order valence-electron chi connectivity index (χ3n) is 4.83. The first-order chi connectivity index (χ1) is 14.1. The maximum absolute atomic E-state index is 12.5. The van der Waals surface area contributed by atoms with Crippen LogP contribution in [0.15, 0.2) is 30.3 Å². The Morgan fingerprint density at radius 2 is 1.80 bits per heavy atom. The van der Waals surface area contributed by atoms with E-state index in [1.807, 2.05) is 30.3 Å². The van der Waals surface area contributed by atoms with Crippen molar-refractivity contribution in [3.8, 4) is 0 Å². The summed E-state index contributed by atoms with van der Waals surface area (Å²) in [4.78, 5) is 24.9. The molecule has 1 aromatic carbocycles. The van der Waals surface area contributed by atoms with Crippen LogP contribution in [0.5, 0.6) is 0 Å². The number of ether oxygens (including phenoxy) is 6. The van der Waals surface area contributed by atoms with Crippen molar-refractivity contribution >= 4 is 12.1 Å². The minimum atomic E-state index is -1.16. The maximum atomic E-state index is 12.5. The number of carbonyl (C=O) groups excluding carboxylic acids is 2. The van der Waals surface area contributed by atoms with Gasteiger partial charge in [0, 0.05) is 0 Å². The molecule has 2 heterocycles. The zero-order valence-corrected chi connectivity index (χ0v) is 17.9. The molecule has 0 spiro atoms. The van der Waals surface area contributed by atoms with Gasteiger partial charge in [-0.3, -0.25) is 0 Å². The smallest absolute Gasteiger partial charge is 0.408 e. The van der Waals surface area contributed by atoms with Gasteiger partial charge in [0.25, 0.3) is 0 Å². The highest BCUT2D eigenvalue weighted by Crippen LogP contribution is 2.37. The van der Waals surface area contributed by atoms with E-state index in [1.165, 1.54) is 7.11 Å². The molecule has 166 valence electrons. The van der Waals surface area contributed by atoms with Crippen LogP contribution < -0.4 is 5.32 Å². The summed E-state index contributed by atoms with van der Waals surface area (Å²) in [5.41, 5.74) is 0.820. The van der Waals surface area contributed by atoms with Crippen LogP contribution >= 0.6 is 0 Å². The molecule has 0 aromatic heterocycles. The minimum absolute atomic E-state index is 0.0608. The van der Waals surface area contributed by atoms with Gasteiger partial charge in [-0.15, -0.1) is 0 Å². The molecule has 1 amide bonds. The summed E-state index contributed by atoms with van der Waals surface area (Å²) in [5, 5.41) is 2.55. The number of carbonyl (C=O) groups is 2. The van der Waals surface area contributed by atoms with Crippen LogP contribution in [0.1, 0.15) is 33.3 Å².